The lowest BCUT2D eigenvalue weighted by Gasteiger charge is -2.32. The largest absolute Gasteiger partial charge is 0.458 e. The molecular formula is C22H29N3O2. The van der Waals surface area contributed by atoms with Crippen molar-refractivity contribution in [2.24, 2.45) is 0 Å². The summed E-state index contributed by atoms with van der Waals surface area (Å²) in [6.07, 6.45) is 5.49. The number of amides is 1. The van der Waals surface area contributed by atoms with Crippen molar-refractivity contribution in [3.05, 3.63) is 53.3 Å². The van der Waals surface area contributed by atoms with Crippen LogP contribution >= 0.6 is 0 Å². The molecule has 0 saturated carbocycles. The Kier molecular flexibility index (Phi) is 6.80. The number of rotatable bonds is 7. The minimum absolute atomic E-state index is 0.0202. The summed E-state index contributed by atoms with van der Waals surface area (Å²) in [5.74, 6) is 0.234. The van der Waals surface area contributed by atoms with E-state index in [9.17, 15) is 4.79 Å². The van der Waals surface area contributed by atoms with Gasteiger partial charge < -0.3 is 9.64 Å². The zero-order valence-corrected chi connectivity index (χ0v) is 16.4. The molecular weight excluding hydrogens is 338 g/mol. The predicted molar refractivity (Wildman–Crippen MR) is 106 cm³/mol. The Bertz CT molecular complexity index is 728. The quantitative estimate of drug-likeness (QED) is 0.697. The standard InChI is InChI=1S/C22H29N3O2/c1-17-15-18(2)24-22(23-17)27-20-12-8-14-25(16-20)21(26)13-7-6-11-19-9-4-3-5-10-19/h3-5,9-10,15,20H,6-8,11-14,16H2,1-2H3. The molecule has 1 aliphatic heterocycles. The Morgan fingerprint density at radius 3 is 2.63 bits per heavy atom. The van der Waals surface area contributed by atoms with E-state index in [4.69, 9.17) is 4.74 Å². The first kappa shape index (κ1) is 19.3. The van der Waals surface area contributed by atoms with Crippen molar-refractivity contribution in [1.29, 1.82) is 0 Å². The maximum atomic E-state index is 12.6. The molecule has 0 aliphatic carbocycles. The third kappa shape index (κ3) is 6.05. The van der Waals surface area contributed by atoms with Gasteiger partial charge in [0.15, 0.2) is 0 Å². The summed E-state index contributed by atoms with van der Waals surface area (Å²) >= 11 is 0. The van der Waals surface area contributed by atoms with Gasteiger partial charge >= 0.3 is 6.01 Å². The number of ether oxygens (including phenoxy) is 1. The molecule has 1 amide bonds. The van der Waals surface area contributed by atoms with Crippen LogP contribution in [0.1, 0.15) is 49.1 Å². The Morgan fingerprint density at radius 1 is 1.15 bits per heavy atom. The number of aryl methyl sites for hydroxylation is 3. The molecule has 0 N–H and O–H groups in total. The fraction of sp³-hybridized carbons (Fsp3) is 0.500. The molecule has 2 heterocycles. The van der Waals surface area contributed by atoms with Crippen LogP contribution in [0.5, 0.6) is 6.01 Å². The predicted octanol–water partition coefficient (Wildman–Crippen LogP) is 3.88. The number of carbonyl (C=O) groups excluding carboxylic acids is 1. The van der Waals surface area contributed by atoms with Crippen LogP contribution in [0.2, 0.25) is 0 Å². The van der Waals surface area contributed by atoms with Gasteiger partial charge in [-0.15, -0.1) is 0 Å². The van der Waals surface area contributed by atoms with E-state index < -0.39 is 0 Å². The van der Waals surface area contributed by atoms with Gasteiger partial charge in [-0.3, -0.25) is 4.79 Å². The van der Waals surface area contributed by atoms with Crippen molar-refractivity contribution >= 4 is 5.91 Å². The van der Waals surface area contributed by atoms with Crippen LogP contribution in [0.15, 0.2) is 36.4 Å². The van der Waals surface area contributed by atoms with Gasteiger partial charge in [-0.2, -0.15) is 0 Å². The second-order valence-corrected chi connectivity index (χ2v) is 7.35. The molecule has 5 nitrogen and oxygen atoms in total. The Labute approximate surface area is 161 Å². The average Bonchev–Trinajstić information content (AvgIpc) is 2.65. The number of nitrogens with zero attached hydrogens (tertiary/aromatic N) is 3. The normalized spacial score (nSPS) is 17.0. The summed E-state index contributed by atoms with van der Waals surface area (Å²) in [5, 5.41) is 0. The first-order valence-electron chi connectivity index (χ1n) is 9.91. The van der Waals surface area contributed by atoms with E-state index in [0.717, 1.165) is 50.0 Å². The van der Waals surface area contributed by atoms with E-state index in [0.29, 0.717) is 19.0 Å². The maximum Gasteiger partial charge on any atom is 0.317 e. The second-order valence-electron chi connectivity index (χ2n) is 7.35. The van der Waals surface area contributed by atoms with Crippen LogP contribution in [0.4, 0.5) is 0 Å². The first-order chi connectivity index (χ1) is 13.1. The van der Waals surface area contributed by atoms with E-state index in [1.807, 2.05) is 30.9 Å². The summed E-state index contributed by atoms with van der Waals surface area (Å²) in [4.78, 5) is 23.2. The Hall–Kier alpha value is -2.43. The van der Waals surface area contributed by atoms with E-state index in [2.05, 4.69) is 34.2 Å². The molecule has 5 heteroatoms. The van der Waals surface area contributed by atoms with Crippen LogP contribution in [-0.4, -0.2) is 40.0 Å². The second kappa shape index (κ2) is 9.49. The van der Waals surface area contributed by atoms with Gasteiger partial charge in [0.2, 0.25) is 5.91 Å². The highest BCUT2D eigenvalue weighted by atomic mass is 16.5. The summed E-state index contributed by atoms with van der Waals surface area (Å²) in [6.45, 7) is 5.33. The number of unbranched alkanes of at least 4 members (excludes halogenated alkanes) is 1. The average molecular weight is 367 g/mol. The van der Waals surface area contributed by atoms with Crippen LogP contribution in [0, 0.1) is 13.8 Å². The molecule has 1 aromatic carbocycles. The van der Waals surface area contributed by atoms with Gasteiger partial charge in [-0.25, -0.2) is 9.97 Å². The molecule has 3 rings (SSSR count). The maximum absolute atomic E-state index is 12.6. The smallest absolute Gasteiger partial charge is 0.317 e. The molecule has 0 spiro atoms. The molecule has 0 radical (unpaired) electrons. The summed E-state index contributed by atoms with van der Waals surface area (Å²) in [6, 6.07) is 12.8. The molecule has 1 unspecified atom stereocenters. The van der Waals surface area contributed by atoms with Gasteiger partial charge in [0, 0.05) is 24.4 Å². The third-order valence-corrected chi connectivity index (χ3v) is 4.91. The topological polar surface area (TPSA) is 55.3 Å². The van der Waals surface area contributed by atoms with E-state index in [1.54, 1.807) is 0 Å². The fourth-order valence-corrected chi connectivity index (χ4v) is 3.56. The molecule has 1 saturated heterocycles. The molecule has 144 valence electrons. The number of likely N-dealkylation sites (tertiary alicyclic amines) is 1. The highest BCUT2D eigenvalue weighted by molar-refractivity contribution is 5.76. The first-order valence-corrected chi connectivity index (χ1v) is 9.91. The number of benzene rings is 1. The molecule has 1 aliphatic rings. The molecule has 1 aromatic heterocycles. The molecule has 27 heavy (non-hydrogen) atoms. The molecule has 1 fully saturated rings. The monoisotopic (exact) mass is 367 g/mol. The molecule has 0 bridgehead atoms. The summed E-state index contributed by atoms with van der Waals surface area (Å²) in [5.41, 5.74) is 3.14. The SMILES string of the molecule is Cc1cc(C)nc(OC2CCCN(C(=O)CCCCc3ccccc3)C2)n1. The number of hydrogen-bond acceptors (Lipinski definition) is 4. The van der Waals surface area contributed by atoms with Gasteiger partial charge in [-0.1, -0.05) is 30.3 Å². The number of piperidine rings is 1. The van der Waals surface area contributed by atoms with Crippen molar-refractivity contribution in [3.8, 4) is 6.01 Å². The number of hydrogen-bond donors (Lipinski definition) is 0. The van der Waals surface area contributed by atoms with Crippen molar-refractivity contribution in [2.45, 2.75) is 58.5 Å². The van der Waals surface area contributed by atoms with Crippen molar-refractivity contribution in [2.75, 3.05) is 13.1 Å². The van der Waals surface area contributed by atoms with Crippen LogP contribution < -0.4 is 4.74 Å². The minimum Gasteiger partial charge on any atom is -0.458 e. The van der Waals surface area contributed by atoms with E-state index >= 15 is 0 Å². The number of aromatic nitrogens is 2. The lowest BCUT2D eigenvalue weighted by atomic mass is 10.1. The third-order valence-electron chi connectivity index (χ3n) is 4.91. The molecule has 2 aromatic rings. The lowest BCUT2D eigenvalue weighted by Crippen LogP contribution is -2.44. The highest BCUT2D eigenvalue weighted by Gasteiger charge is 2.25. The minimum atomic E-state index is -0.0202. The van der Waals surface area contributed by atoms with Gasteiger partial charge in [0.1, 0.15) is 6.10 Å². The van der Waals surface area contributed by atoms with Crippen LogP contribution in [0.25, 0.3) is 0 Å². The Balaban J connectivity index is 1.43. The highest BCUT2D eigenvalue weighted by Crippen LogP contribution is 2.18. The van der Waals surface area contributed by atoms with Crippen molar-refractivity contribution in [1.82, 2.24) is 14.9 Å². The van der Waals surface area contributed by atoms with E-state index in [-0.39, 0.29) is 12.0 Å². The lowest BCUT2D eigenvalue weighted by molar-refractivity contribution is -0.134. The van der Waals surface area contributed by atoms with Crippen LogP contribution in [-0.2, 0) is 11.2 Å². The van der Waals surface area contributed by atoms with Crippen molar-refractivity contribution < 1.29 is 9.53 Å². The van der Waals surface area contributed by atoms with Crippen LogP contribution in [0.3, 0.4) is 0 Å². The zero-order valence-electron chi connectivity index (χ0n) is 16.4. The Morgan fingerprint density at radius 2 is 1.89 bits per heavy atom. The zero-order chi connectivity index (χ0) is 19.1. The fourth-order valence-electron chi connectivity index (χ4n) is 3.56. The van der Waals surface area contributed by atoms with Gasteiger partial charge in [0.25, 0.3) is 0 Å². The number of carbonyl (C=O) groups is 1. The van der Waals surface area contributed by atoms with Gasteiger partial charge in [-0.05, 0) is 57.6 Å². The van der Waals surface area contributed by atoms with E-state index in [1.165, 1.54) is 5.56 Å². The summed E-state index contributed by atoms with van der Waals surface area (Å²) in [7, 11) is 0. The van der Waals surface area contributed by atoms with Crippen molar-refractivity contribution in [3.63, 3.8) is 0 Å². The van der Waals surface area contributed by atoms with Gasteiger partial charge in [0.05, 0.1) is 6.54 Å². The molecule has 1 atom stereocenters. The summed E-state index contributed by atoms with van der Waals surface area (Å²) < 4.78 is 5.96.